The Morgan fingerprint density at radius 3 is 2.65 bits per heavy atom. The number of morpholine rings is 1. The number of hydrogen-bond donors (Lipinski definition) is 0. The molecule has 0 bridgehead atoms. The molecule has 1 amide bonds. The van der Waals surface area contributed by atoms with Crippen molar-refractivity contribution in [1.29, 1.82) is 0 Å². The summed E-state index contributed by atoms with van der Waals surface area (Å²) >= 11 is 1.38. The molecule has 1 saturated heterocycles. The summed E-state index contributed by atoms with van der Waals surface area (Å²) in [7, 11) is 1.25. The number of pyridine rings is 1. The molecule has 2 atom stereocenters. The monoisotopic (exact) mass is 681 g/mol. The first-order valence-corrected chi connectivity index (χ1v) is 16.7. The third-order valence-corrected chi connectivity index (χ3v) is 10.7. The smallest absolute Gasteiger partial charge is 0.315 e. The Bertz CT molecular complexity index is 1850. The van der Waals surface area contributed by atoms with Crippen LogP contribution >= 0.6 is 11.8 Å². The number of carbonyl (C=O) groups excluding carboxylic acids is 3. The van der Waals surface area contributed by atoms with Crippen LogP contribution < -0.4 is 15.2 Å². The first-order valence-electron chi connectivity index (χ1n) is 15.7. The van der Waals surface area contributed by atoms with Gasteiger partial charge in [-0.1, -0.05) is 37.1 Å². The van der Waals surface area contributed by atoms with Crippen LogP contribution in [-0.4, -0.2) is 67.2 Å². The van der Waals surface area contributed by atoms with Gasteiger partial charge >= 0.3 is 11.9 Å². The van der Waals surface area contributed by atoms with Crippen molar-refractivity contribution in [2.45, 2.75) is 55.0 Å². The summed E-state index contributed by atoms with van der Waals surface area (Å²) < 4.78 is 53.5. The van der Waals surface area contributed by atoms with Crippen LogP contribution in [0.3, 0.4) is 0 Å². The molecule has 4 aliphatic rings. The van der Waals surface area contributed by atoms with E-state index in [0.29, 0.717) is 18.4 Å². The molecule has 2 fully saturated rings. The van der Waals surface area contributed by atoms with Crippen LogP contribution in [0.4, 0.5) is 8.78 Å². The van der Waals surface area contributed by atoms with E-state index in [2.05, 4.69) is 0 Å². The first-order chi connectivity index (χ1) is 23.2. The molecule has 3 aromatic rings. The number of rotatable bonds is 7. The zero-order valence-corrected chi connectivity index (χ0v) is 26.9. The summed E-state index contributed by atoms with van der Waals surface area (Å²) in [6.45, 7) is -0.125. The predicted molar refractivity (Wildman–Crippen MR) is 168 cm³/mol. The van der Waals surface area contributed by atoms with Crippen molar-refractivity contribution in [3.63, 3.8) is 0 Å². The van der Waals surface area contributed by atoms with Gasteiger partial charge in [-0.2, -0.15) is 0 Å². The maximum atomic E-state index is 15.4. The Morgan fingerprint density at radius 1 is 1.06 bits per heavy atom. The molecule has 0 spiro atoms. The molecule has 1 aromatic heterocycles. The lowest BCUT2D eigenvalue weighted by molar-refractivity contribution is -0.167. The lowest BCUT2D eigenvalue weighted by atomic mass is 9.83. The molecule has 14 heteroatoms. The molecular formula is C34H33F2N3O8S. The molecule has 1 saturated carbocycles. The van der Waals surface area contributed by atoms with Gasteiger partial charge in [-0.05, 0) is 36.1 Å². The highest BCUT2D eigenvalue weighted by molar-refractivity contribution is 7.98. The van der Waals surface area contributed by atoms with E-state index in [1.54, 1.807) is 11.0 Å². The quantitative estimate of drug-likeness (QED) is 0.265. The van der Waals surface area contributed by atoms with Gasteiger partial charge in [0.25, 0.3) is 5.91 Å². The van der Waals surface area contributed by atoms with Crippen LogP contribution in [0.1, 0.15) is 65.3 Å². The van der Waals surface area contributed by atoms with E-state index in [9.17, 15) is 23.6 Å². The van der Waals surface area contributed by atoms with Gasteiger partial charge in [-0.3, -0.25) is 28.9 Å². The van der Waals surface area contributed by atoms with Crippen molar-refractivity contribution in [3.8, 4) is 5.75 Å². The Balaban J connectivity index is 1.30. The molecule has 48 heavy (non-hydrogen) atoms. The largest absolute Gasteiger partial charge is 0.469 e. The second-order valence-electron chi connectivity index (χ2n) is 12.2. The maximum absolute atomic E-state index is 15.4. The molecule has 4 heterocycles. The average molecular weight is 682 g/mol. The molecule has 3 aliphatic heterocycles. The number of esters is 2. The number of thioether (sulfide) groups is 1. The van der Waals surface area contributed by atoms with Crippen molar-refractivity contribution < 1.29 is 42.1 Å². The summed E-state index contributed by atoms with van der Waals surface area (Å²) in [6.07, 6.45) is 3.01. The second-order valence-corrected chi connectivity index (χ2v) is 13.2. The molecular weight excluding hydrogens is 648 g/mol. The topological polar surface area (TPSA) is 117 Å². The SMILES string of the molecule is COC(=O)CC1(C(=O)OCOc2c3n(ccc2=O)N([C@@H]2c4ccccc4SCc4c2ccc(F)c4F)C2COCCN2C3=O)CCCC1. The number of fused-ring (bicyclic) bond motifs is 4. The molecule has 0 N–H and O–H groups in total. The van der Waals surface area contributed by atoms with Crippen LogP contribution in [0.2, 0.25) is 0 Å². The normalized spacial score (nSPS) is 20.9. The summed E-state index contributed by atoms with van der Waals surface area (Å²) in [5.41, 5.74) is -0.295. The highest BCUT2D eigenvalue weighted by Crippen LogP contribution is 2.46. The fourth-order valence-electron chi connectivity index (χ4n) is 7.26. The molecule has 1 aliphatic carbocycles. The second kappa shape index (κ2) is 12.9. The van der Waals surface area contributed by atoms with Crippen LogP contribution in [-0.2, 0) is 29.6 Å². The minimum Gasteiger partial charge on any atom is -0.469 e. The standard InChI is InChI=1S/C34H33F2N3O8S/c1-44-27(41)16-34(11-4-5-12-34)33(43)47-19-46-31-24(40)10-13-38-30(31)32(42)37-14-15-45-17-26(37)39(38)29-20-8-9-23(35)28(36)22(20)18-48-25-7-3-2-6-21(25)29/h2-3,6-10,13,26,29H,4-5,11-12,14-19H2,1H3/t26?,29-/m0/s1. The maximum Gasteiger partial charge on any atom is 0.315 e. The summed E-state index contributed by atoms with van der Waals surface area (Å²) in [4.78, 5) is 55.3. The number of nitrogens with zero attached hydrogens (tertiary/aromatic N) is 3. The van der Waals surface area contributed by atoms with Crippen molar-refractivity contribution in [2.75, 3.05) is 38.7 Å². The van der Waals surface area contributed by atoms with Crippen molar-refractivity contribution >= 4 is 29.6 Å². The average Bonchev–Trinajstić information content (AvgIpc) is 3.51. The Hall–Kier alpha value is -4.43. The molecule has 2 aromatic carbocycles. The fraction of sp³-hybridized carbons (Fsp3) is 0.412. The number of halogens is 2. The Morgan fingerprint density at radius 2 is 1.85 bits per heavy atom. The van der Waals surface area contributed by atoms with Gasteiger partial charge < -0.3 is 23.8 Å². The van der Waals surface area contributed by atoms with Crippen molar-refractivity contribution in [2.24, 2.45) is 5.41 Å². The molecule has 7 rings (SSSR count). The van der Waals surface area contributed by atoms with E-state index in [1.165, 1.54) is 35.8 Å². The highest BCUT2D eigenvalue weighted by atomic mass is 32.2. The zero-order chi connectivity index (χ0) is 33.6. The van der Waals surface area contributed by atoms with Gasteiger partial charge in [0.2, 0.25) is 18.0 Å². The molecule has 252 valence electrons. The number of ether oxygens (including phenoxy) is 4. The summed E-state index contributed by atoms with van der Waals surface area (Å²) in [5.74, 6) is -3.73. The lowest BCUT2D eigenvalue weighted by Crippen LogP contribution is -2.66. The van der Waals surface area contributed by atoms with Gasteiger partial charge in [0.1, 0.15) is 6.17 Å². The van der Waals surface area contributed by atoms with Crippen LogP contribution in [0, 0.1) is 17.0 Å². The summed E-state index contributed by atoms with van der Waals surface area (Å²) in [6, 6.07) is 10.7. The van der Waals surface area contributed by atoms with E-state index in [0.717, 1.165) is 29.4 Å². The van der Waals surface area contributed by atoms with Gasteiger partial charge in [0.15, 0.2) is 17.3 Å². The van der Waals surface area contributed by atoms with Gasteiger partial charge in [-0.15, -0.1) is 11.8 Å². The number of aromatic nitrogens is 1. The Labute approximate surface area is 278 Å². The van der Waals surface area contributed by atoms with E-state index >= 15 is 4.39 Å². The number of methoxy groups -OCH3 is 1. The lowest BCUT2D eigenvalue weighted by Gasteiger charge is -2.51. The van der Waals surface area contributed by atoms with Crippen molar-refractivity contribution in [3.05, 3.63) is 92.9 Å². The van der Waals surface area contributed by atoms with E-state index in [4.69, 9.17) is 18.9 Å². The van der Waals surface area contributed by atoms with Crippen LogP contribution in [0.15, 0.2) is 58.4 Å². The Kier molecular flexibility index (Phi) is 8.62. The minimum absolute atomic E-state index is 0.109. The number of amides is 1. The minimum atomic E-state index is -1.05. The van der Waals surface area contributed by atoms with E-state index in [1.807, 2.05) is 29.3 Å². The predicted octanol–water partition coefficient (Wildman–Crippen LogP) is 4.27. The van der Waals surface area contributed by atoms with Crippen molar-refractivity contribution in [1.82, 2.24) is 9.58 Å². The fourth-order valence-corrected chi connectivity index (χ4v) is 8.37. The number of carbonyl (C=O) groups is 3. The van der Waals surface area contributed by atoms with E-state index < -0.39 is 59.3 Å². The zero-order valence-electron chi connectivity index (χ0n) is 26.1. The highest BCUT2D eigenvalue weighted by Gasteiger charge is 2.47. The van der Waals surface area contributed by atoms with Gasteiger partial charge in [-0.25, -0.2) is 8.78 Å². The first kappa shape index (κ1) is 32.1. The van der Waals surface area contributed by atoms with Crippen LogP contribution in [0.25, 0.3) is 0 Å². The molecule has 1 unspecified atom stereocenters. The molecule has 0 radical (unpaired) electrons. The van der Waals surface area contributed by atoms with Crippen LogP contribution in [0.5, 0.6) is 5.75 Å². The third kappa shape index (κ3) is 5.40. The van der Waals surface area contributed by atoms with E-state index in [-0.39, 0.29) is 48.9 Å². The van der Waals surface area contributed by atoms with Gasteiger partial charge in [0, 0.05) is 35.0 Å². The summed E-state index contributed by atoms with van der Waals surface area (Å²) in [5, 5.41) is 1.83. The molecule has 11 nitrogen and oxygen atoms in total. The number of hydrogen-bond acceptors (Lipinski definition) is 10. The van der Waals surface area contributed by atoms with Gasteiger partial charge in [0.05, 0.1) is 38.2 Å². The number of benzene rings is 2. The third-order valence-electron chi connectivity index (χ3n) is 9.63.